The number of amides is 5. The zero-order chi connectivity index (χ0) is 67.6. The summed E-state index contributed by atoms with van der Waals surface area (Å²) < 4.78 is 19.0. The average Bonchev–Trinajstić information content (AvgIpc) is 0.945. The summed E-state index contributed by atoms with van der Waals surface area (Å²) in [6, 6.07) is 31.2. The van der Waals surface area contributed by atoms with E-state index < -0.39 is 58.7 Å². The summed E-state index contributed by atoms with van der Waals surface area (Å²) in [5.41, 5.74) is 4.22. The van der Waals surface area contributed by atoms with Gasteiger partial charge in [-0.2, -0.15) is 0 Å². The van der Waals surface area contributed by atoms with E-state index in [1.54, 1.807) is 36.4 Å². The number of esters is 1. The number of aliphatic hydroxyl groups excluding tert-OH is 1. The van der Waals surface area contributed by atoms with E-state index in [-0.39, 0.29) is 83.0 Å². The molecule has 7 N–H and O–H groups in total. The van der Waals surface area contributed by atoms with Crippen LogP contribution in [-0.4, -0.2) is 149 Å². The van der Waals surface area contributed by atoms with E-state index in [2.05, 4.69) is 43.3 Å². The number of ether oxygens (including phenoxy) is 2. The highest BCUT2D eigenvalue weighted by atomic mass is 16.6. The number of carboxylic acid groups (broad SMARTS) is 1. The summed E-state index contributed by atoms with van der Waals surface area (Å²) in [7, 11) is 7.71. The van der Waals surface area contributed by atoms with Crippen molar-refractivity contribution < 1.29 is 57.7 Å². The monoisotopic (exact) mass is 1300 g/mol. The number of carbonyl (C=O) groups excluding carboxylic acids is 6. The minimum absolute atomic E-state index is 0.0243. The Hall–Kier alpha value is -10.5. The Morgan fingerprint density at radius 3 is 1.93 bits per heavy atom. The Balaban J connectivity index is 0.730. The highest BCUT2D eigenvalue weighted by molar-refractivity contribution is 6.05. The number of aliphatic hydroxyl groups is 1. The second kappa shape index (κ2) is 27.5. The fourth-order valence-electron chi connectivity index (χ4n) is 13.8. The third-order valence-electron chi connectivity index (χ3n) is 19.2. The van der Waals surface area contributed by atoms with Gasteiger partial charge in [-0.1, -0.05) is 38.3 Å². The minimum Gasteiger partial charge on any atom is -0.512 e. The molecule has 5 amide bonds. The lowest BCUT2D eigenvalue weighted by Gasteiger charge is -2.38. The molecule has 0 unspecified atom stereocenters. The molecule has 7 aliphatic rings. The number of benzene rings is 6. The van der Waals surface area contributed by atoms with Crippen LogP contribution in [0.3, 0.4) is 0 Å². The van der Waals surface area contributed by atoms with Gasteiger partial charge in [-0.3, -0.25) is 28.8 Å². The van der Waals surface area contributed by atoms with Gasteiger partial charge in [-0.15, -0.1) is 0 Å². The van der Waals surface area contributed by atoms with E-state index in [1.165, 1.54) is 36.4 Å². The third kappa shape index (κ3) is 13.1. The molecule has 12 rings (SSSR count). The lowest BCUT2D eigenvalue weighted by Crippen LogP contribution is -2.62. The largest absolute Gasteiger partial charge is 0.512 e. The number of nitrogens with zero attached hydrogens (tertiary/aromatic N) is 4. The molecule has 0 aromatic heterocycles. The molecular formula is C74H79N9O13. The lowest BCUT2D eigenvalue weighted by atomic mass is 9.77. The molecule has 0 radical (unpaired) electrons. The van der Waals surface area contributed by atoms with Gasteiger partial charge in [0.1, 0.15) is 34.6 Å². The molecule has 96 heavy (non-hydrogen) atoms. The van der Waals surface area contributed by atoms with E-state index in [4.69, 9.17) is 13.9 Å². The Morgan fingerprint density at radius 2 is 1.26 bits per heavy atom. The number of piperazine rings is 1. The molecule has 5 aromatic rings. The van der Waals surface area contributed by atoms with Crippen molar-refractivity contribution in [2.24, 2.45) is 0 Å². The van der Waals surface area contributed by atoms with E-state index in [1.807, 2.05) is 86.5 Å². The summed E-state index contributed by atoms with van der Waals surface area (Å²) in [5.74, 6) is -2.83. The summed E-state index contributed by atoms with van der Waals surface area (Å²) in [4.78, 5) is 119. The van der Waals surface area contributed by atoms with Crippen molar-refractivity contribution in [1.82, 2.24) is 31.5 Å². The van der Waals surface area contributed by atoms with Gasteiger partial charge < -0.3 is 70.3 Å². The van der Waals surface area contributed by atoms with Crippen LogP contribution in [0.2, 0.25) is 0 Å². The van der Waals surface area contributed by atoms with Crippen molar-refractivity contribution in [3.63, 3.8) is 0 Å². The molecule has 22 heteroatoms. The number of hydrogen-bond donors (Lipinski definition) is 7. The molecule has 4 aliphatic heterocycles. The molecule has 1 saturated heterocycles. The summed E-state index contributed by atoms with van der Waals surface area (Å²) in [6.45, 7) is 6.76. The first kappa shape index (κ1) is 65.6. The third-order valence-corrected chi connectivity index (χ3v) is 19.2. The Labute approximate surface area is 556 Å². The van der Waals surface area contributed by atoms with Crippen molar-refractivity contribution >= 4 is 64.6 Å². The number of carbonyl (C=O) groups is 7. The molecule has 3 aliphatic carbocycles. The number of carboxylic acids is 1. The lowest BCUT2D eigenvalue weighted by molar-refractivity contribution is -0.133. The van der Waals surface area contributed by atoms with Gasteiger partial charge in [0.15, 0.2) is 11.0 Å². The Kier molecular flexibility index (Phi) is 18.8. The number of rotatable bonds is 21. The molecule has 0 bridgehead atoms. The molecule has 2 fully saturated rings. The van der Waals surface area contributed by atoms with Gasteiger partial charge in [0.05, 0.1) is 16.9 Å². The number of fused-ring (bicyclic) bond motifs is 8. The topological polar surface area (TPSA) is 282 Å². The predicted molar refractivity (Wildman–Crippen MR) is 364 cm³/mol. The summed E-state index contributed by atoms with van der Waals surface area (Å²) in [5, 5.41) is 35.6. The van der Waals surface area contributed by atoms with Crippen LogP contribution in [0.15, 0.2) is 130 Å². The summed E-state index contributed by atoms with van der Waals surface area (Å²) >= 11 is 0. The first-order chi connectivity index (χ1) is 46.2. The quantitative estimate of drug-likeness (QED) is 0.0261. The van der Waals surface area contributed by atoms with Crippen LogP contribution in [0.4, 0.5) is 17.1 Å². The average molecular weight is 1300 g/mol. The summed E-state index contributed by atoms with van der Waals surface area (Å²) in [6.07, 6.45) is 5.76. The number of allylic oxidation sites excluding steroid dienone is 1. The predicted octanol–water partition coefficient (Wildman–Crippen LogP) is 8.86. The van der Waals surface area contributed by atoms with Crippen molar-refractivity contribution in [3.8, 4) is 33.9 Å². The SMILES string of the molecule is CCN1CCN(c2ccc(C(=O)NC3(C(=O)N[C@@H](CCCCNC(=O)c4ccc5c(c4)C(=O)OC54c5ccc(N(C)C)cc5Oc5cc(N(C)C)ccc54)C(=O)NCCNC(=O)c4ccc(-c5c6ccc(=O)cc-6oc6c5CCC(O)=C6)c(C(=O)O)c4)CCCCC3)cc2)CC1. The van der Waals surface area contributed by atoms with E-state index in [0.717, 1.165) is 56.2 Å². The van der Waals surface area contributed by atoms with E-state index >= 15 is 0 Å². The Morgan fingerprint density at radius 1 is 0.635 bits per heavy atom. The molecular weight excluding hydrogens is 1220 g/mol. The number of anilines is 3. The zero-order valence-corrected chi connectivity index (χ0v) is 54.5. The van der Waals surface area contributed by atoms with Gasteiger partial charge in [-0.25, -0.2) is 9.59 Å². The van der Waals surface area contributed by atoms with Crippen molar-refractivity contribution in [2.45, 2.75) is 88.3 Å². The molecule has 1 saturated carbocycles. The number of unbranched alkanes of at least 4 members (excludes halogenated alkanes) is 1. The molecule has 498 valence electrons. The fourth-order valence-corrected chi connectivity index (χ4v) is 13.8. The Bertz CT molecular complexity index is 4220. The van der Waals surface area contributed by atoms with Gasteiger partial charge in [-0.05, 0) is 136 Å². The van der Waals surface area contributed by atoms with Gasteiger partial charge in [0, 0.05) is 172 Å². The first-order valence-electron chi connectivity index (χ1n) is 32.9. The maximum absolute atomic E-state index is 14.8. The zero-order valence-electron chi connectivity index (χ0n) is 54.5. The molecule has 22 nitrogen and oxygen atoms in total. The molecule has 1 atom stereocenters. The van der Waals surface area contributed by atoms with Crippen LogP contribution < -0.4 is 51.4 Å². The van der Waals surface area contributed by atoms with Gasteiger partial charge >= 0.3 is 11.9 Å². The standard InChI is InChI=1S/C74H79N9O13/c1-6-82-34-36-83(37-35-82)47-17-13-44(14-18-47)68(88)79-73(29-9-7-10-30-73)72(93)78-60(69(89)77-33-32-76-67(87)45-15-23-52(55(38-45)70(90)91)65-53-24-21-50(84)42-61(53)94-62-43-51(85)22-25-54(62)65)12-8-11-31-75-66(86)46-16-26-57-56(39-46)71(92)96-74(57)58-27-19-48(80(2)3)40-63(58)95-64-41-49(81(4)5)20-28-59(64)74/h13-21,23-24,26-28,38-43,60,85H,6-12,22,25,29-37H2,1-5H3,(H,75,86)(H,76,87)(H,77,89)(H,78,93)(H,79,88)(H,90,91)/t60-/m0/s1. The first-order valence-corrected chi connectivity index (χ1v) is 32.9. The second-order valence-electron chi connectivity index (χ2n) is 25.7. The molecule has 4 heterocycles. The van der Waals surface area contributed by atoms with Crippen LogP contribution in [0.5, 0.6) is 11.5 Å². The minimum atomic E-state index is -1.36. The number of aromatic carboxylic acids is 1. The number of nitrogens with one attached hydrogen (secondary N) is 5. The van der Waals surface area contributed by atoms with Crippen LogP contribution >= 0.6 is 0 Å². The van der Waals surface area contributed by atoms with Crippen LogP contribution in [-0.2, 0) is 26.3 Å². The van der Waals surface area contributed by atoms with Crippen molar-refractivity contribution in [2.75, 3.05) is 95.2 Å². The van der Waals surface area contributed by atoms with Crippen LogP contribution in [0.25, 0.3) is 28.5 Å². The highest BCUT2D eigenvalue weighted by Gasteiger charge is 2.54. The van der Waals surface area contributed by atoms with Crippen molar-refractivity contribution in [3.05, 3.63) is 187 Å². The van der Waals surface area contributed by atoms with E-state index in [0.29, 0.717) is 95.4 Å². The normalized spacial score (nSPS) is 16.1. The van der Waals surface area contributed by atoms with Crippen molar-refractivity contribution in [1.29, 1.82) is 0 Å². The molecule has 1 spiro atoms. The number of hydrogen-bond acceptors (Lipinski definition) is 16. The number of likely N-dealkylation sites (N-methyl/N-ethyl adjacent to an activating group) is 1. The van der Waals surface area contributed by atoms with Gasteiger partial charge in [0.2, 0.25) is 11.8 Å². The maximum atomic E-state index is 14.8. The maximum Gasteiger partial charge on any atom is 0.340 e. The molecule has 5 aromatic carbocycles. The highest BCUT2D eigenvalue weighted by Crippen LogP contribution is 2.57. The van der Waals surface area contributed by atoms with Crippen LogP contribution in [0, 0.1) is 0 Å². The smallest absolute Gasteiger partial charge is 0.340 e. The van der Waals surface area contributed by atoms with E-state index in [9.17, 15) is 48.6 Å². The second-order valence-corrected chi connectivity index (χ2v) is 25.7. The van der Waals surface area contributed by atoms with Gasteiger partial charge in [0.25, 0.3) is 17.7 Å². The van der Waals surface area contributed by atoms with Crippen LogP contribution in [0.1, 0.15) is 145 Å². The fraction of sp³-hybridized carbons (Fsp3) is 0.351.